The number of carbonyl (C=O) groups is 2. The molecule has 0 unspecified atom stereocenters. The van der Waals surface area contributed by atoms with E-state index in [1.165, 1.54) is 4.90 Å². The highest BCUT2D eigenvalue weighted by Crippen LogP contribution is 2.18. The maximum absolute atomic E-state index is 12.5. The number of rotatable bonds is 6. The zero-order valence-electron chi connectivity index (χ0n) is 16.0. The maximum Gasteiger partial charge on any atom is 0.263 e. The van der Waals surface area contributed by atoms with E-state index in [9.17, 15) is 9.59 Å². The molecule has 2 rings (SSSR count). The van der Waals surface area contributed by atoms with E-state index < -0.39 is 6.10 Å². The quantitative estimate of drug-likeness (QED) is 0.864. The summed E-state index contributed by atoms with van der Waals surface area (Å²) in [7, 11) is 1.60. The van der Waals surface area contributed by atoms with Crippen LogP contribution in [0.25, 0.3) is 0 Å². The van der Waals surface area contributed by atoms with Gasteiger partial charge in [-0.3, -0.25) is 9.59 Å². The normalized spacial score (nSPS) is 11.6. The number of carbonyl (C=O) groups excluding carboxylic acids is 2. The van der Waals surface area contributed by atoms with Gasteiger partial charge < -0.3 is 15.0 Å². The second kappa shape index (κ2) is 8.52. The van der Waals surface area contributed by atoms with Crippen molar-refractivity contribution in [2.75, 3.05) is 18.9 Å². The monoisotopic (exact) mass is 354 g/mol. The standard InChI is InChI=1S/C21H26N2O3/c1-14-8-6-10-18(12-14)26-17(4)21(25)23(5)13-20(24)22-19-11-7-9-15(2)16(19)3/h6-12,17H,13H2,1-5H3,(H,22,24)/t17-/m0/s1. The fraction of sp³-hybridized carbons (Fsp3) is 0.333. The SMILES string of the molecule is Cc1cccc(O[C@@H](C)C(=O)N(C)CC(=O)Nc2cccc(C)c2C)c1. The highest BCUT2D eigenvalue weighted by atomic mass is 16.5. The number of amides is 2. The van der Waals surface area contributed by atoms with Gasteiger partial charge in [0.25, 0.3) is 5.91 Å². The van der Waals surface area contributed by atoms with Gasteiger partial charge in [-0.15, -0.1) is 0 Å². The zero-order chi connectivity index (χ0) is 19.3. The fourth-order valence-electron chi connectivity index (χ4n) is 2.62. The summed E-state index contributed by atoms with van der Waals surface area (Å²) >= 11 is 0. The average molecular weight is 354 g/mol. The number of hydrogen-bond acceptors (Lipinski definition) is 3. The fourth-order valence-corrected chi connectivity index (χ4v) is 2.62. The van der Waals surface area contributed by atoms with Gasteiger partial charge in [0.1, 0.15) is 5.75 Å². The van der Waals surface area contributed by atoms with Crippen LogP contribution in [0.1, 0.15) is 23.6 Å². The molecule has 0 aliphatic rings. The molecule has 0 saturated carbocycles. The summed E-state index contributed by atoms with van der Waals surface area (Å²) in [6, 6.07) is 13.3. The van der Waals surface area contributed by atoms with Crippen molar-refractivity contribution in [1.82, 2.24) is 4.90 Å². The molecule has 2 amide bonds. The lowest BCUT2D eigenvalue weighted by molar-refractivity contribution is -0.139. The largest absolute Gasteiger partial charge is 0.481 e. The number of hydrogen-bond donors (Lipinski definition) is 1. The number of aryl methyl sites for hydroxylation is 2. The third kappa shape index (κ3) is 5.09. The Morgan fingerprint density at radius 2 is 1.81 bits per heavy atom. The van der Waals surface area contributed by atoms with Crippen molar-refractivity contribution in [3.8, 4) is 5.75 Å². The van der Waals surface area contributed by atoms with Gasteiger partial charge in [0.05, 0.1) is 6.54 Å². The lowest BCUT2D eigenvalue weighted by Gasteiger charge is -2.22. The summed E-state index contributed by atoms with van der Waals surface area (Å²) in [5.74, 6) is 0.152. The molecule has 138 valence electrons. The van der Waals surface area contributed by atoms with Crippen LogP contribution in [0.15, 0.2) is 42.5 Å². The van der Waals surface area contributed by atoms with Crippen molar-refractivity contribution in [3.63, 3.8) is 0 Å². The van der Waals surface area contributed by atoms with Gasteiger partial charge in [0.15, 0.2) is 6.10 Å². The Labute approximate surface area is 155 Å². The highest BCUT2D eigenvalue weighted by molar-refractivity contribution is 5.95. The van der Waals surface area contributed by atoms with Crippen LogP contribution in [0, 0.1) is 20.8 Å². The van der Waals surface area contributed by atoms with E-state index in [2.05, 4.69) is 5.32 Å². The molecule has 0 aliphatic carbocycles. The van der Waals surface area contributed by atoms with Crippen LogP contribution < -0.4 is 10.1 Å². The maximum atomic E-state index is 12.5. The van der Waals surface area contributed by atoms with Crippen LogP contribution in [0.5, 0.6) is 5.75 Å². The van der Waals surface area contributed by atoms with E-state index in [0.717, 1.165) is 22.4 Å². The molecular weight excluding hydrogens is 328 g/mol. The molecule has 5 heteroatoms. The second-order valence-electron chi connectivity index (χ2n) is 6.57. The highest BCUT2D eigenvalue weighted by Gasteiger charge is 2.21. The molecular formula is C21H26N2O3. The zero-order valence-corrected chi connectivity index (χ0v) is 16.0. The van der Waals surface area contributed by atoms with E-state index >= 15 is 0 Å². The summed E-state index contributed by atoms with van der Waals surface area (Å²) in [4.78, 5) is 26.1. The molecule has 0 radical (unpaired) electrons. The number of anilines is 1. The molecule has 5 nitrogen and oxygen atoms in total. The number of likely N-dealkylation sites (N-methyl/N-ethyl adjacent to an activating group) is 1. The van der Waals surface area contributed by atoms with Crippen molar-refractivity contribution in [2.24, 2.45) is 0 Å². The van der Waals surface area contributed by atoms with E-state index in [1.54, 1.807) is 14.0 Å². The summed E-state index contributed by atoms with van der Waals surface area (Å²) in [5, 5.41) is 2.86. The first-order chi connectivity index (χ1) is 12.3. The minimum Gasteiger partial charge on any atom is -0.481 e. The third-order valence-electron chi connectivity index (χ3n) is 4.29. The molecule has 0 bridgehead atoms. The number of nitrogens with zero attached hydrogens (tertiary/aromatic N) is 1. The second-order valence-corrected chi connectivity index (χ2v) is 6.57. The minimum atomic E-state index is -0.671. The average Bonchev–Trinajstić information content (AvgIpc) is 2.58. The van der Waals surface area contributed by atoms with Crippen LogP contribution >= 0.6 is 0 Å². The van der Waals surface area contributed by atoms with Gasteiger partial charge in [0.2, 0.25) is 5.91 Å². The first-order valence-corrected chi connectivity index (χ1v) is 8.62. The van der Waals surface area contributed by atoms with Crippen LogP contribution in [-0.4, -0.2) is 36.4 Å². The Morgan fingerprint density at radius 1 is 1.12 bits per heavy atom. The molecule has 0 heterocycles. The molecule has 2 aromatic carbocycles. The molecule has 0 spiro atoms. The lowest BCUT2D eigenvalue weighted by atomic mass is 10.1. The molecule has 0 saturated heterocycles. The molecule has 1 N–H and O–H groups in total. The van der Waals surface area contributed by atoms with Crippen molar-refractivity contribution >= 4 is 17.5 Å². The Balaban J connectivity index is 1.93. The Bertz CT molecular complexity index is 802. The van der Waals surface area contributed by atoms with E-state index in [-0.39, 0.29) is 18.4 Å². The summed E-state index contributed by atoms with van der Waals surface area (Å²) in [6.07, 6.45) is -0.671. The van der Waals surface area contributed by atoms with Crippen molar-refractivity contribution in [3.05, 3.63) is 59.2 Å². The van der Waals surface area contributed by atoms with Gasteiger partial charge in [-0.2, -0.15) is 0 Å². The molecule has 0 aromatic heterocycles. The van der Waals surface area contributed by atoms with Crippen LogP contribution in [-0.2, 0) is 9.59 Å². The van der Waals surface area contributed by atoms with Gasteiger partial charge in [-0.05, 0) is 62.6 Å². The molecule has 0 aliphatic heterocycles. The minimum absolute atomic E-state index is 0.0340. The van der Waals surface area contributed by atoms with Gasteiger partial charge in [-0.25, -0.2) is 0 Å². The molecule has 0 fully saturated rings. The molecule has 1 atom stereocenters. The van der Waals surface area contributed by atoms with E-state index in [4.69, 9.17) is 4.74 Å². The van der Waals surface area contributed by atoms with Crippen LogP contribution in [0.2, 0.25) is 0 Å². The van der Waals surface area contributed by atoms with Gasteiger partial charge in [-0.1, -0.05) is 24.3 Å². The summed E-state index contributed by atoms with van der Waals surface area (Å²) < 4.78 is 5.69. The first kappa shape index (κ1) is 19.5. The van der Waals surface area contributed by atoms with Gasteiger partial charge in [0, 0.05) is 12.7 Å². The predicted octanol–water partition coefficient (Wildman–Crippen LogP) is 3.48. The Hall–Kier alpha value is -2.82. The summed E-state index contributed by atoms with van der Waals surface area (Å²) in [6.45, 7) is 7.56. The smallest absolute Gasteiger partial charge is 0.263 e. The van der Waals surface area contributed by atoms with E-state index in [1.807, 2.05) is 63.2 Å². The van der Waals surface area contributed by atoms with Gasteiger partial charge >= 0.3 is 0 Å². The summed E-state index contributed by atoms with van der Waals surface area (Å²) in [5.41, 5.74) is 3.95. The topological polar surface area (TPSA) is 58.6 Å². The Morgan fingerprint density at radius 3 is 2.50 bits per heavy atom. The first-order valence-electron chi connectivity index (χ1n) is 8.62. The number of benzene rings is 2. The van der Waals surface area contributed by atoms with Crippen molar-refractivity contribution < 1.29 is 14.3 Å². The van der Waals surface area contributed by atoms with Crippen LogP contribution in [0.4, 0.5) is 5.69 Å². The van der Waals surface area contributed by atoms with E-state index in [0.29, 0.717) is 5.75 Å². The number of nitrogens with one attached hydrogen (secondary N) is 1. The van der Waals surface area contributed by atoms with Crippen LogP contribution in [0.3, 0.4) is 0 Å². The molecule has 26 heavy (non-hydrogen) atoms. The van der Waals surface area contributed by atoms with Crippen molar-refractivity contribution in [1.29, 1.82) is 0 Å². The number of ether oxygens (including phenoxy) is 1. The molecule has 2 aromatic rings. The lowest BCUT2D eigenvalue weighted by Crippen LogP contribution is -2.42. The van der Waals surface area contributed by atoms with Crippen molar-refractivity contribution in [2.45, 2.75) is 33.8 Å². The third-order valence-corrected chi connectivity index (χ3v) is 4.29. The predicted molar refractivity (Wildman–Crippen MR) is 103 cm³/mol. The Kier molecular flexibility index (Phi) is 6.39.